The molecular formula is C13H15ClFNO5. The van der Waals surface area contributed by atoms with Crippen LogP contribution in [0.15, 0.2) is 41.1 Å². The zero-order valence-electron chi connectivity index (χ0n) is 11.7. The lowest BCUT2D eigenvalue weighted by molar-refractivity contribution is -2.00. The fraction of sp³-hybridized carbons (Fsp3) is 0.308. The molecule has 0 saturated carbocycles. The van der Waals surface area contributed by atoms with Gasteiger partial charge in [-0.25, -0.2) is 27.5 Å². The highest BCUT2D eigenvalue weighted by Gasteiger charge is 2.27. The number of halogens is 2. The molecule has 2 aromatic rings. The molecule has 2 rings (SSSR count). The van der Waals surface area contributed by atoms with E-state index in [1.807, 2.05) is 27.0 Å². The van der Waals surface area contributed by atoms with E-state index in [1.54, 1.807) is 29.0 Å². The van der Waals surface area contributed by atoms with Crippen LogP contribution >= 0.6 is 0 Å². The molecule has 0 N–H and O–H groups in total. The number of nitrogens with zero attached hydrogens (tertiary/aromatic N) is 1. The molecule has 0 aliphatic heterocycles. The Morgan fingerprint density at radius 2 is 1.57 bits per heavy atom. The van der Waals surface area contributed by atoms with Gasteiger partial charge in [-0.3, -0.25) is 0 Å². The van der Waals surface area contributed by atoms with Gasteiger partial charge in [0.2, 0.25) is 17.5 Å². The van der Waals surface area contributed by atoms with Crippen LogP contribution in [0.2, 0.25) is 0 Å². The average Bonchev–Trinajstić information content (AvgIpc) is 2.76. The van der Waals surface area contributed by atoms with E-state index >= 15 is 0 Å². The van der Waals surface area contributed by atoms with Crippen LogP contribution in [0, 0.1) is 16.1 Å². The van der Waals surface area contributed by atoms with E-state index in [4.69, 9.17) is 23.2 Å². The van der Waals surface area contributed by atoms with Gasteiger partial charge in [-0.05, 0) is 16.9 Å². The number of hydrogen-bond donors (Lipinski definition) is 0. The fourth-order valence-corrected chi connectivity index (χ4v) is 1.46. The van der Waals surface area contributed by atoms with E-state index in [9.17, 15) is 4.39 Å². The molecule has 116 valence electrons. The lowest BCUT2D eigenvalue weighted by atomic mass is 10.1. The molecule has 6 nitrogen and oxygen atoms in total. The maximum absolute atomic E-state index is 13.5. The van der Waals surface area contributed by atoms with Gasteiger partial charge in [-0.1, -0.05) is 12.1 Å². The Hall–Kier alpha value is -1.51. The molecule has 0 fully saturated rings. The van der Waals surface area contributed by atoms with Crippen molar-refractivity contribution in [3.8, 4) is 11.3 Å². The smallest absolute Gasteiger partial charge is 0.221 e. The van der Waals surface area contributed by atoms with Gasteiger partial charge in [0.1, 0.15) is 5.82 Å². The van der Waals surface area contributed by atoms with Gasteiger partial charge in [-0.15, -0.1) is 10.2 Å². The topological polar surface area (TPSA) is 109 Å². The summed E-state index contributed by atoms with van der Waals surface area (Å²) in [5, 5.41) is 0. The minimum Gasteiger partial charge on any atom is -0.236 e. The monoisotopic (exact) mass is 319 g/mol. The van der Waals surface area contributed by atoms with Gasteiger partial charge in [0.05, 0.1) is 11.6 Å². The van der Waals surface area contributed by atoms with E-state index < -0.39 is 10.2 Å². The van der Waals surface area contributed by atoms with Crippen LogP contribution in [-0.4, -0.2) is 0 Å². The first kappa shape index (κ1) is 17.5. The molecule has 0 spiro atoms. The normalized spacial score (nSPS) is 11.8. The SMILES string of the molecule is CC(C)(C)[n+]1ccc(-c2ccccc2F)o1.[O-][Cl+3]([O-])([O-])[O-]. The van der Waals surface area contributed by atoms with Crippen LogP contribution in [0.1, 0.15) is 20.8 Å². The highest BCUT2D eigenvalue weighted by Crippen LogP contribution is 2.22. The lowest BCUT2D eigenvalue weighted by Crippen LogP contribution is -2.68. The van der Waals surface area contributed by atoms with Crippen molar-refractivity contribution in [1.29, 1.82) is 0 Å². The minimum atomic E-state index is -4.94. The number of rotatable bonds is 1. The van der Waals surface area contributed by atoms with Gasteiger partial charge in [0.15, 0.2) is 0 Å². The minimum absolute atomic E-state index is 0.135. The van der Waals surface area contributed by atoms with Gasteiger partial charge < -0.3 is 0 Å². The van der Waals surface area contributed by atoms with E-state index in [0.717, 1.165) is 0 Å². The van der Waals surface area contributed by atoms with Gasteiger partial charge in [-0.2, -0.15) is 0 Å². The molecule has 0 aliphatic rings. The predicted molar refractivity (Wildman–Crippen MR) is 59.3 cm³/mol. The fourth-order valence-electron chi connectivity index (χ4n) is 1.46. The van der Waals surface area contributed by atoms with Crippen LogP contribution in [0.5, 0.6) is 0 Å². The molecule has 0 unspecified atom stereocenters. The Morgan fingerprint density at radius 1 is 1.05 bits per heavy atom. The van der Waals surface area contributed by atoms with Crippen molar-refractivity contribution in [2.75, 3.05) is 0 Å². The lowest BCUT2D eigenvalue weighted by Gasteiger charge is -2.17. The maximum atomic E-state index is 13.5. The van der Waals surface area contributed by atoms with Crippen molar-refractivity contribution in [2.24, 2.45) is 0 Å². The number of hydrogen-bond acceptors (Lipinski definition) is 5. The molecule has 8 heteroatoms. The van der Waals surface area contributed by atoms with Crippen molar-refractivity contribution in [2.45, 2.75) is 26.3 Å². The molecule has 0 amide bonds. The van der Waals surface area contributed by atoms with Crippen molar-refractivity contribution in [1.82, 2.24) is 0 Å². The first-order valence-electron chi connectivity index (χ1n) is 5.87. The summed E-state index contributed by atoms with van der Waals surface area (Å²) >= 11 is 0. The van der Waals surface area contributed by atoms with E-state index in [-0.39, 0.29) is 11.4 Å². The summed E-state index contributed by atoms with van der Waals surface area (Å²) in [6.07, 6.45) is 1.82. The Morgan fingerprint density at radius 3 is 2.00 bits per heavy atom. The third-order valence-electron chi connectivity index (χ3n) is 2.36. The summed E-state index contributed by atoms with van der Waals surface area (Å²) in [4.78, 5) is 0. The summed E-state index contributed by atoms with van der Waals surface area (Å²) in [5.41, 5.74) is 0.356. The molecule has 0 radical (unpaired) electrons. The van der Waals surface area contributed by atoms with Crippen molar-refractivity contribution >= 4 is 0 Å². The second kappa shape index (κ2) is 6.50. The molecule has 0 saturated heterocycles. The first-order chi connectivity index (χ1) is 9.48. The van der Waals surface area contributed by atoms with Gasteiger partial charge in [0, 0.05) is 20.8 Å². The van der Waals surface area contributed by atoms with Crippen molar-refractivity contribution in [3.63, 3.8) is 0 Å². The van der Waals surface area contributed by atoms with Crippen LogP contribution in [0.25, 0.3) is 11.3 Å². The third kappa shape index (κ3) is 6.19. The zero-order valence-corrected chi connectivity index (χ0v) is 12.5. The summed E-state index contributed by atoms with van der Waals surface area (Å²) in [6, 6.07) is 8.38. The summed E-state index contributed by atoms with van der Waals surface area (Å²) in [7, 11) is -4.94. The molecule has 1 heterocycles. The summed E-state index contributed by atoms with van der Waals surface area (Å²) in [5.74, 6) is 0.283. The number of aromatic nitrogens is 1. The van der Waals surface area contributed by atoms with Crippen LogP contribution in [0.4, 0.5) is 4.39 Å². The Labute approximate surface area is 123 Å². The predicted octanol–water partition coefficient (Wildman–Crippen LogP) is -1.63. The molecular weight excluding hydrogens is 305 g/mol. The summed E-state index contributed by atoms with van der Waals surface area (Å²) < 4.78 is 54.8. The Balaban J connectivity index is 0.000000383. The average molecular weight is 320 g/mol. The Kier molecular flexibility index (Phi) is 5.43. The standard InChI is InChI=1S/C13H15FNO.ClHO4/c1-13(2,3)15-9-8-12(16-15)10-6-4-5-7-11(10)14;2-1(3,4)5/h4-9H,1-3H3;(H,2,3,4,5)/q+1;/p-1. The van der Waals surface area contributed by atoms with E-state index in [0.29, 0.717) is 11.3 Å². The number of benzene rings is 1. The highest BCUT2D eigenvalue weighted by molar-refractivity contribution is 5.56. The maximum Gasteiger partial charge on any atom is 0.221 e. The molecule has 0 atom stereocenters. The second-order valence-electron chi connectivity index (χ2n) is 5.13. The van der Waals surface area contributed by atoms with Gasteiger partial charge in [0.25, 0.3) is 0 Å². The first-order valence-corrected chi connectivity index (χ1v) is 7.11. The van der Waals surface area contributed by atoms with E-state index in [2.05, 4.69) is 0 Å². The molecule has 21 heavy (non-hydrogen) atoms. The second-order valence-corrected chi connectivity index (χ2v) is 5.88. The largest absolute Gasteiger partial charge is 0.236 e. The third-order valence-corrected chi connectivity index (χ3v) is 2.36. The molecule has 1 aromatic carbocycles. The van der Waals surface area contributed by atoms with Gasteiger partial charge >= 0.3 is 0 Å². The molecule has 0 bridgehead atoms. The van der Waals surface area contributed by atoms with Crippen LogP contribution in [-0.2, 0) is 5.54 Å². The van der Waals surface area contributed by atoms with Crippen molar-refractivity contribution in [3.05, 3.63) is 42.3 Å². The Bertz CT molecular complexity index is 583. The molecule has 0 aliphatic carbocycles. The zero-order chi connectivity index (χ0) is 16.3. The summed E-state index contributed by atoms with van der Waals surface area (Å²) in [6.45, 7) is 6.09. The van der Waals surface area contributed by atoms with Crippen LogP contribution in [0.3, 0.4) is 0 Å². The van der Waals surface area contributed by atoms with Crippen molar-refractivity contribution < 1.29 is 42.5 Å². The quantitative estimate of drug-likeness (QED) is 0.586. The van der Waals surface area contributed by atoms with Crippen LogP contribution < -0.4 is 23.4 Å². The van der Waals surface area contributed by atoms with E-state index in [1.165, 1.54) is 6.07 Å². The highest BCUT2D eigenvalue weighted by atomic mass is 35.7. The molecule has 1 aromatic heterocycles.